The minimum Gasteiger partial charge on any atom is -0.393 e. The average molecular weight is 290 g/mol. The fourth-order valence-electron chi connectivity index (χ4n) is 1.50. The summed E-state index contributed by atoms with van der Waals surface area (Å²) in [5, 5.41) is 0.573. The Morgan fingerprint density at radius 2 is 2.13 bits per heavy atom. The van der Waals surface area contributed by atoms with Crippen LogP contribution in [-0.2, 0) is 14.3 Å². The van der Waals surface area contributed by atoms with Gasteiger partial charge in [0.15, 0.2) is 0 Å². The molecule has 1 saturated heterocycles. The molecule has 0 aromatic heterocycles. The molecule has 0 spiro atoms. The molecular weight excluding hydrogens is 283 g/mol. The number of carbonyl (C=O) groups is 2. The van der Waals surface area contributed by atoms with Crippen molar-refractivity contribution in [3.05, 3.63) is 33.3 Å². The van der Waals surface area contributed by atoms with Crippen molar-refractivity contribution in [2.75, 3.05) is 0 Å². The summed E-state index contributed by atoms with van der Waals surface area (Å²) in [6, 6.07) is 5.08. The maximum Gasteiger partial charge on any atom is 0.321 e. The van der Waals surface area contributed by atoms with E-state index in [1.54, 1.807) is 18.2 Å². The van der Waals surface area contributed by atoms with Gasteiger partial charge in [0.1, 0.15) is 0 Å². The molecule has 1 aliphatic rings. The molecule has 5 heteroatoms. The Bertz CT molecular complexity index is 444. The molecule has 3 nitrogen and oxygen atoms in total. The predicted octanol–water partition coefficient (Wildman–Crippen LogP) is 2.66. The summed E-state index contributed by atoms with van der Waals surface area (Å²) in [6.07, 6.45) is 0.0963. The second-order valence-electron chi connectivity index (χ2n) is 3.22. The molecule has 1 heterocycles. The molecule has 0 saturated carbocycles. The molecule has 1 atom stereocenters. The molecule has 78 valence electrons. The van der Waals surface area contributed by atoms with E-state index in [1.165, 1.54) is 0 Å². The van der Waals surface area contributed by atoms with Gasteiger partial charge in [0.05, 0.1) is 12.3 Å². The van der Waals surface area contributed by atoms with Gasteiger partial charge in [0.25, 0.3) is 0 Å². The zero-order chi connectivity index (χ0) is 11.0. The highest BCUT2D eigenvalue weighted by molar-refractivity contribution is 9.10. The number of carbonyl (C=O) groups excluding carboxylic acids is 2. The van der Waals surface area contributed by atoms with E-state index in [9.17, 15) is 9.59 Å². The first kappa shape index (κ1) is 10.6. The summed E-state index contributed by atoms with van der Waals surface area (Å²) in [5.74, 6) is -1.49. The van der Waals surface area contributed by atoms with Crippen molar-refractivity contribution in [2.24, 2.45) is 0 Å². The highest BCUT2D eigenvalue weighted by Gasteiger charge is 2.35. The van der Waals surface area contributed by atoms with Crippen LogP contribution in [-0.4, -0.2) is 11.9 Å². The minimum atomic E-state index is -0.510. The molecule has 1 unspecified atom stereocenters. The number of hydrogen-bond acceptors (Lipinski definition) is 3. The number of halogens is 2. The molecule has 0 amide bonds. The Hall–Kier alpha value is -0.870. The van der Waals surface area contributed by atoms with Crippen molar-refractivity contribution < 1.29 is 14.3 Å². The molecule has 0 N–H and O–H groups in total. The standard InChI is InChI=1S/C10H6BrClO3/c11-8-3-5(12)1-2-6(8)7-4-9(13)15-10(7)14/h1-3,7H,4H2. The van der Waals surface area contributed by atoms with Gasteiger partial charge in [0, 0.05) is 9.50 Å². The molecule has 0 radical (unpaired) electrons. The first-order valence-electron chi connectivity index (χ1n) is 4.27. The lowest BCUT2D eigenvalue weighted by molar-refractivity contribution is -0.152. The van der Waals surface area contributed by atoms with Crippen LogP contribution >= 0.6 is 27.5 Å². The van der Waals surface area contributed by atoms with Gasteiger partial charge in [-0.15, -0.1) is 0 Å². The predicted molar refractivity (Wildman–Crippen MR) is 57.6 cm³/mol. The lowest BCUT2D eigenvalue weighted by Gasteiger charge is -2.07. The van der Waals surface area contributed by atoms with Crippen molar-refractivity contribution >= 4 is 39.5 Å². The van der Waals surface area contributed by atoms with E-state index in [4.69, 9.17) is 11.6 Å². The van der Waals surface area contributed by atoms with Crippen LogP contribution < -0.4 is 0 Å². The zero-order valence-corrected chi connectivity index (χ0v) is 9.84. The monoisotopic (exact) mass is 288 g/mol. The van der Waals surface area contributed by atoms with Crippen LogP contribution in [0.15, 0.2) is 22.7 Å². The van der Waals surface area contributed by atoms with E-state index in [1.807, 2.05) is 0 Å². The Balaban J connectivity index is 2.38. The maximum absolute atomic E-state index is 11.3. The van der Waals surface area contributed by atoms with Gasteiger partial charge < -0.3 is 4.74 Å². The average Bonchev–Trinajstić information content (AvgIpc) is 2.45. The normalized spacial score (nSPS) is 20.5. The molecule has 2 rings (SSSR count). The number of ether oxygens (including phenoxy) is 1. The third-order valence-corrected chi connectivity index (χ3v) is 3.13. The number of rotatable bonds is 1. The molecule has 1 aromatic rings. The van der Waals surface area contributed by atoms with Gasteiger partial charge in [0.2, 0.25) is 0 Å². The Kier molecular flexibility index (Phi) is 2.80. The lowest BCUT2D eigenvalue weighted by atomic mass is 9.98. The minimum absolute atomic E-state index is 0.0963. The Labute approximate surface area is 99.5 Å². The highest BCUT2D eigenvalue weighted by Crippen LogP contribution is 2.33. The van der Waals surface area contributed by atoms with E-state index < -0.39 is 17.9 Å². The first-order valence-corrected chi connectivity index (χ1v) is 5.44. The molecular formula is C10H6BrClO3. The fraction of sp³-hybridized carbons (Fsp3) is 0.200. The van der Waals surface area contributed by atoms with Crippen LogP contribution in [0.25, 0.3) is 0 Å². The summed E-state index contributed by atoms with van der Waals surface area (Å²) in [7, 11) is 0. The molecule has 1 aromatic carbocycles. The largest absolute Gasteiger partial charge is 0.393 e. The van der Waals surface area contributed by atoms with Gasteiger partial charge in [-0.3, -0.25) is 9.59 Å². The van der Waals surface area contributed by atoms with Gasteiger partial charge in [-0.1, -0.05) is 33.6 Å². The van der Waals surface area contributed by atoms with Crippen molar-refractivity contribution in [2.45, 2.75) is 12.3 Å². The van der Waals surface area contributed by atoms with Crippen LogP contribution in [0.2, 0.25) is 5.02 Å². The van der Waals surface area contributed by atoms with Crippen molar-refractivity contribution in [3.63, 3.8) is 0 Å². The highest BCUT2D eigenvalue weighted by atomic mass is 79.9. The first-order chi connectivity index (χ1) is 7.08. The maximum atomic E-state index is 11.3. The van der Waals surface area contributed by atoms with Crippen LogP contribution in [0.4, 0.5) is 0 Å². The summed E-state index contributed by atoms with van der Waals surface area (Å²) >= 11 is 9.08. The number of cyclic esters (lactones) is 2. The summed E-state index contributed by atoms with van der Waals surface area (Å²) in [4.78, 5) is 22.3. The van der Waals surface area contributed by atoms with E-state index in [-0.39, 0.29) is 6.42 Å². The molecule has 0 aliphatic carbocycles. The van der Waals surface area contributed by atoms with Crippen molar-refractivity contribution in [1.82, 2.24) is 0 Å². The summed E-state index contributed by atoms with van der Waals surface area (Å²) < 4.78 is 5.20. The molecule has 1 fully saturated rings. The number of hydrogen-bond donors (Lipinski definition) is 0. The van der Waals surface area contributed by atoms with E-state index >= 15 is 0 Å². The third kappa shape index (κ3) is 2.06. The topological polar surface area (TPSA) is 43.4 Å². The summed E-state index contributed by atoms with van der Waals surface area (Å²) in [5.41, 5.74) is 0.732. The Morgan fingerprint density at radius 3 is 2.67 bits per heavy atom. The zero-order valence-electron chi connectivity index (χ0n) is 7.50. The smallest absolute Gasteiger partial charge is 0.321 e. The SMILES string of the molecule is O=C1CC(c2ccc(Cl)cc2Br)C(=O)O1. The quantitative estimate of drug-likeness (QED) is 0.590. The van der Waals surface area contributed by atoms with Gasteiger partial charge in [-0.25, -0.2) is 0 Å². The number of benzene rings is 1. The van der Waals surface area contributed by atoms with Crippen molar-refractivity contribution in [3.8, 4) is 0 Å². The summed E-state index contributed by atoms with van der Waals surface area (Å²) in [6.45, 7) is 0. The molecule has 1 aliphatic heterocycles. The Morgan fingerprint density at radius 1 is 1.40 bits per heavy atom. The van der Waals surface area contributed by atoms with E-state index in [0.29, 0.717) is 9.50 Å². The van der Waals surface area contributed by atoms with Crippen LogP contribution in [0.3, 0.4) is 0 Å². The molecule has 0 bridgehead atoms. The van der Waals surface area contributed by atoms with Gasteiger partial charge in [-0.2, -0.15) is 0 Å². The van der Waals surface area contributed by atoms with Crippen LogP contribution in [0, 0.1) is 0 Å². The second kappa shape index (κ2) is 3.94. The van der Waals surface area contributed by atoms with E-state index in [0.717, 1.165) is 5.56 Å². The van der Waals surface area contributed by atoms with Crippen molar-refractivity contribution in [1.29, 1.82) is 0 Å². The lowest BCUT2D eigenvalue weighted by Crippen LogP contribution is -2.06. The fourth-order valence-corrected chi connectivity index (χ4v) is 2.46. The second-order valence-corrected chi connectivity index (χ2v) is 4.51. The van der Waals surface area contributed by atoms with Gasteiger partial charge >= 0.3 is 11.9 Å². The third-order valence-electron chi connectivity index (χ3n) is 2.21. The van der Waals surface area contributed by atoms with Gasteiger partial charge in [-0.05, 0) is 17.7 Å². The van der Waals surface area contributed by atoms with Crippen LogP contribution in [0.1, 0.15) is 17.9 Å². The molecule has 15 heavy (non-hydrogen) atoms. The van der Waals surface area contributed by atoms with E-state index in [2.05, 4.69) is 20.7 Å². The number of esters is 2. The van der Waals surface area contributed by atoms with Crippen LogP contribution in [0.5, 0.6) is 0 Å².